The monoisotopic (exact) mass is 419 g/mol. The fraction of sp³-hybridized carbons (Fsp3) is 0.333. The van der Waals surface area contributed by atoms with Crippen molar-refractivity contribution >= 4 is 15.5 Å². The smallest absolute Gasteiger partial charge is 0.176 e. The van der Waals surface area contributed by atoms with Crippen LogP contribution in [0.15, 0.2) is 40.2 Å². The number of halogens is 1. The van der Waals surface area contributed by atoms with Gasteiger partial charge in [0.15, 0.2) is 9.84 Å². The third kappa shape index (κ3) is 4.81. The molecule has 29 heavy (non-hydrogen) atoms. The maximum absolute atomic E-state index is 13.8. The van der Waals surface area contributed by atoms with Crippen LogP contribution in [0, 0.1) is 17.1 Å². The van der Waals surface area contributed by atoms with Crippen LogP contribution in [-0.4, -0.2) is 40.6 Å². The van der Waals surface area contributed by atoms with Crippen LogP contribution in [0.3, 0.4) is 0 Å². The molecule has 0 spiro atoms. The minimum absolute atomic E-state index is 0.0682. The molecule has 6 nitrogen and oxygen atoms in total. The third-order valence-electron chi connectivity index (χ3n) is 4.46. The molecule has 0 aromatic heterocycles. The van der Waals surface area contributed by atoms with Gasteiger partial charge in [-0.3, -0.25) is 4.99 Å². The van der Waals surface area contributed by atoms with Gasteiger partial charge in [0.2, 0.25) is 0 Å². The Morgan fingerprint density at radius 1 is 1.31 bits per heavy atom. The summed E-state index contributed by atoms with van der Waals surface area (Å²) in [7, 11) is -3.08. The normalized spacial score (nSPS) is 16.6. The second-order valence-corrected chi connectivity index (χ2v) is 7.93. The number of nitriles is 1. The lowest BCUT2D eigenvalue weighted by atomic mass is 10.1. The summed E-state index contributed by atoms with van der Waals surface area (Å²) in [5.41, 5.74) is 1.23. The SMILES string of the molecule is [2H]C([2H])([2H])S(=O)(=O)c1ccc(Oc2cc(F)cc(C#N)c2)c2c1/C(=N\CCCOC)CC2. The fourth-order valence-electron chi connectivity index (χ4n) is 3.25. The number of benzene rings is 2. The molecule has 0 amide bonds. The molecule has 0 saturated heterocycles. The molecule has 0 N–H and O–H groups in total. The number of fused-ring (bicyclic) bond motifs is 1. The number of hydrogen-bond acceptors (Lipinski definition) is 6. The lowest BCUT2D eigenvalue weighted by molar-refractivity contribution is 0.197. The highest BCUT2D eigenvalue weighted by atomic mass is 32.2. The Morgan fingerprint density at radius 2 is 2.14 bits per heavy atom. The molecule has 0 atom stereocenters. The number of rotatable bonds is 7. The van der Waals surface area contributed by atoms with Gasteiger partial charge in [0.05, 0.1) is 16.5 Å². The zero-order valence-electron chi connectivity index (χ0n) is 18.7. The van der Waals surface area contributed by atoms with Crippen LogP contribution in [0.2, 0.25) is 0 Å². The summed E-state index contributed by atoms with van der Waals surface area (Å²) in [5.74, 6) is -0.334. The molecule has 2 aromatic rings. The van der Waals surface area contributed by atoms with Crippen LogP contribution in [0.4, 0.5) is 4.39 Å². The van der Waals surface area contributed by atoms with Gasteiger partial charge in [0.25, 0.3) is 0 Å². The van der Waals surface area contributed by atoms with E-state index in [-0.39, 0.29) is 27.5 Å². The molecule has 0 fully saturated rings. The first-order valence-corrected chi connectivity index (χ1v) is 10.4. The van der Waals surface area contributed by atoms with E-state index in [2.05, 4.69) is 4.99 Å². The van der Waals surface area contributed by atoms with Gasteiger partial charge in [-0.25, -0.2) is 12.8 Å². The predicted octanol–water partition coefficient (Wildman–Crippen LogP) is 3.66. The van der Waals surface area contributed by atoms with E-state index in [0.717, 1.165) is 12.1 Å². The van der Waals surface area contributed by atoms with Gasteiger partial charge in [-0.05, 0) is 43.5 Å². The van der Waals surface area contributed by atoms with Gasteiger partial charge in [-0.2, -0.15) is 5.26 Å². The van der Waals surface area contributed by atoms with Crippen molar-refractivity contribution in [3.63, 3.8) is 0 Å². The van der Waals surface area contributed by atoms with Crippen LogP contribution in [0.1, 0.15) is 33.6 Å². The summed E-state index contributed by atoms with van der Waals surface area (Å²) in [5, 5.41) is 9.05. The van der Waals surface area contributed by atoms with Crippen LogP contribution in [0.25, 0.3) is 0 Å². The van der Waals surface area contributed by atoms with E-state index in [9.17, 15) is 12.8 Å². The van der Waals surface area contributed by atoms with Gasteiger partial charge in [0, 0.05) is 53.5 Å². The topological polar surface area (TPSA) is 88.8 Å². The van der Waals surface area contributed by atoms with Crippen molar-refractivity contribution in [2.24, 2.45) is 4.99 Å². The molecular weight excluding hydrogens is 395 g/mol. The standard InChI is InChI=1S/C21H21FN2O4S/c1-27-9-3-8-24-18-5-4-17-19(6-7-20(21(17)18)29(2,25)26)28-16-11-14(13-23)10-15(22)12-16/h6-7,10-12H,3-5,8-9H2,1-2H3/b24-18-/i2D3. The number of hydrogen-bond donors (Lipinski definition) is 0. The summed E-state index contributed by atoms with van der Waals surface area (Å²) >= 11 is 0. The minimum Gasteiger partial charge on any atom is -0.457 e. The van der Waals surface area contributed by atoms with Crippen molar-refractivity contribution in [1.82, 2.24) is 0 Å². The summed E-state index contributed by atoms with van der Waals surface area (Å²) < 4.78 is 72.6. The molecule has 1 aliphatic carbocycles. The highest BCUT2D eigenvalue weighted by Gasteiger charge is 2.29. The Labute approximate surface area is 173 Å². The van der Waals surface area contributed by atoms with E-state index < -0.39 is 21.8 Å². The van der Waals surface area contributed by atoms with E-state index in [4.69, 9.17) is 18.8 Å². The summed E-state index contributed by atoms with van der Waals surface area (Å²) in [6.45, 7) is 0.865. The molecular formula is C21H21FN2O4S. The lowest BCUT2D eigenvalue weighted by Crippen LogP contribution is -2.08. The van der Waals surface area contributed by atoms with Crippen molar-refractivity contribution < 1.29 is 26.4 Å². The van der Waals surface area contributed by atoms with E-state index in [1.165, 1.54) is 18.2 Å². The van der Waals surface area contributed by atoms with Crippen LogP contribution < -0.4 is 4.74 Å². The number of nitrogens with zero attached hydrogens (tertiary/aromatic N) is 2. The van der Waals surface area contributed by atoms with E-state index in [0.29, 0.717) is 43.7 Å². The molecule has 0 unspecified atom stereocenters. The van der Waals surface area contributed by atoms with Gasteiger partial charge in [-0.1, -0.05) is 0 Å². The van der Waals surface area contributed by atoms with Gasteiger partial charge in [-0.15, -0.1) is 0 Å². The number of sulfone groups is 1. The largest absolute Gasteiger partial charge is 0.457 e. The maximum atomic E-state index is 13.8. The maximum Gasteiger partial charge on any atom is 0.176 e. The lowest BCUT2D eigenvalue weighted by Gasteiger charge is -2.14. The van der Waals surface area contributed by atoms with E-state index in [1.54, 1.807) is 7.11 Å². The van der Waals surface area contributed by atoms with Crippen molar-refractivity contribution in [3.05, 3.63) is 52.8 Å². The quantitative estimate of drug-likeness (QED) is 0.639. The Morgan fingerprint density at radius 3 is 2.86 bits per heavy atom. The zero-order valence-corrected chi connectivity index (χ0v) is 16.6. The van der Waals surface area contributed by atoms with Crippen LogP contribution >= 0.6 is 0 Å². The first-order chi connectivity index (χ1) is 15.1. The molecule has 0 heterocycles. The highest BCUT2D eigenvalue weighted by molar-refractivity contribution is 7.90. The summed E-state index contributed by atoms with van der Waals surface area (Å²) in [6.07, 6.45) is -1.85. The second kappa shape index (κ2) is 8.72. The minimum atomic E-state index is -4.64. The highest BCUT2D eigenvalue weighted by Crippen LogP contribution is 2.38. The zero-order chi connectivity index (χ0) is 23.5. The average molecular weight is 419 g/mol. The number of methoxy groups -OCH3 is 1. The van der Waals surface area contributed by atoms with Crippen LogP contribution in [-0.2, 0) is 21.0 Å². The Kier molecular flexibility index (Phi) is 5.15. The molecule has 0 radical (unpaired) electrons. The van der Waals surface area contributed by atoms with Crippen molar-refractivity contribution in [1.29, 1.82) is 5.26 Å². The first kappa shape index (κ1) is 17.1. The Bertz CT molecular complexity index is 1200. The molecule has 8 heteroatoms. The summed E-state index contributed by atoms with van der Waals surface area (Å²) in [6, 6.07) is 7.90. The van der Waals surface area contributed by atoms with Crippen molar-refractivity contribution in [3.8, 4) is 17.6 Å². The van der Waals surface area contributed by atoms with Gasteiger partial charge < -0.3 is 9.47 Å². The van der Waals surface area contributed by atoms with E-state index >= 15 is 0 Å². The molecule has 2 aromatic carbocycles. The molecule has 0 saturated carbocycles. The van der Waals surface area contributed by atoms with Crippen molar-refractivity contribution in [2.45, 2.75) is 24.2 Å². The Hall–Kier alpha value is -2.76. The second-order valence-electron chi connectivity index (χ2n) is 6.48. The fourth-order valence-corrected chi connectivity index (χ4v) is 4.01. The molecule has 1 aliphatic rings. The molecule has 0 bridgehead atoms. The summed E-state index contributed by atoms with van der Waals surface area (Å²) in [4.78, 5) is 4.14. The molecule has 0 aliphatic heterocycles. The number of ether oxygens (including phenoxy) is 2. The Balaban J connectivity index is 2.11. The van der Waals surface area contributed by atoms with E-state index in [1.807, 2.05) is 6.07 Å². The van der Waals surface area contributed by atoms with Crippen LogP contribution in [0.5, 0.6) is 11.5 Å². The third-order valence-corrected chi connectivity index (χ3v) is 5.38. The molecule has 3 rings (SSSR count). The van der Waals surface area contributed by atoms with Crippen molar-refractivity contribution in [2.75, 3.05) is 26.4 Å². The van der Waals surface area contributed by atoms with Gasteiger partial charge >= 0.3 is 0 Å². The average Bonchev–Trinajstić information content (AvgIpc) is 3.14. The number of aliphatic imine (C=N–C) groups is 1. The molecule has 152 valence electrons. The van der Waals surface area contributed by atoms with Gasteiger partial charge in [0.1, 0.15) is 17.3 Å². The predicted molar refractivity (Wildman–Crippen MR) is 107 cm³/mol. The first-order valence-electron chi connectivity index (χ1n) is 10.4.